The van der Waals surface area contributed by atoms with Crippen molar-refractivity contribution in [1.29, 1.82) is 0 Å². The van der Waals surface area contributed by atoms with E-state index >= 15 is 0 Å². The minimum absolute atomic E-state index is 0.0503. The van der Waals surface area contributed by atoms with E-state index in [9.17, 15) is 9.59 Å². The molecule has 1 aliphatic rings. The quantitative estimate of drug-likeness (QED) is 0.484. The summed E-state index contributed by atoms with van der Waals surface area (Å²) < 4.78 is 11.1. The predicted octanol–water partition coefficient (Wildman–Crippen LogP) is 3.64. The molecule has 4 rings (SSSR count). The molecule has 3 heterocycles. The number of benzene rings is 1. The molecule has 3 aromatic rings. The van der Waals surface area contributed by atoms with Gasteiger partial charge < -0.3 is 30.0 Å². The van der Waals surface area contributed by atoms with Gasteiger partial charge >= 0.3 is 12.1 Å². The molecule has 34 heavy (non-hydrogen) atoms. The maximum atomic E-state index is 12.1. The molecule has 0 atom stereocenters. The van der Waals surface area contributed by atoms with Gasteiger partial charge in [-0.1, -0.05) is 13.3 Å². The fourth-order valence-corrected chi connectivity index (χ4v) is 3.66. The van der Waals surface area contributed by atoms with Crippen molar-refractivity contribution in [2.24, 2.45) is 5.73 Å². The monoisotopic (exact) mass is 464 g/mol. The number of carbonyl (C=O) groups excluding carboxylic acids is 2. The van der Waals surface area contributed by atoms with E-state index in [1.165, 1.54) is 0 Å². The van der Waals surface area contributed by atoms with Gasteiger partial charge in [-0.2, -0.15) is 4.98 Å². The first-order valence-corrected chi connectivity index (χ1v) is 11.3. The molecule has 0 bridgehead atoms. The van der Waals surface area contributed by atoms with Gasteiger partial charge in [-0.05, 0) is 42.8 Å². The number of carbonyl (C=O) groups is 2. The molecule has 0 spiro atoms. The Kier molecular flexibility index (Phi) is 7.26. The lowest BCUT2D eigenvalue weighted by atomic mass is 10.1. The molecule has 3 N–H and O–H groups in total. The third-order valence-electron chi connectivity index (χ3n) is 5.53. The lowest BCUT2D eigenvalue weighted by Crippen LogP contribution is -2.49. The summed E-state index contributed by atoms with van der Waals surface area (Å²) in [5, 5.41) is 2.98. The number of ether oxygens (including phenoxy) is 1. The summed E-state index contributed by atoms with van der Waals surface area (Å²) in [7, 11) is 0. The fraction of sp³-hybridized carbons (Fsp3) is 0.333. The smallest absolute Gasteiger partial charge is 0.409 e. The van der Waals surface area contributed by atoms with Crippen LogP contribution in [0.1, 0.15) is 30.3 Å². The number of oxazole rings is 1. The van der Waals surface area contributed by atoms with Gasteiger partial charge in [0.2, 0.25) is 0 Å². The Morgan fingerprint density at radius 3 is 2.56 bits per heavy atom. The van der Waals surface area contributed by atoms with Gasteiger partial charge in [0.1, 0.15) is 0 Å². The lowest BCUT2D eigenvalue weighted by Gasteiger charge is -2.35. The first kappa shape index (κ1) is 23.1. The number of piperazine rings is 1. The molecular formula is C24H28N6O4. The van der Waals surface area contributed by atoms with Crippen molar-refractivity contribution in [3.05, 3.63) is 54.5 Å². The molecule has 0 unspecified atom stereocenters. The second kappa shape index (κ2) is 10.7. The van der Waals surface area contributed by atoms with Crippen LogP contribution in [0, 0.1) is 0 Å². The zero-order chi connectivity index (χ0) is 23.9. The zero-order valence-corrected chi connectivity index (χ0v) is 19.1. The number of nitrogens with two attached hydrogens (primary N) is 1. The first-order chi connectivity index (χ1) is 16.5. The number of anilines is 3. The van der Waals surface area contributed by atoms with Crippen LogP contribution in [0.5, 0.6) is 0 Å². The van der Waals surface area contributed by atoms with E-state index < -0.39 is 5.91 Å². The number of rotatable bonds is 8. The highest BCUT2D eigenvalue weighted by Gasteiger charge is 2.23. The second-order valence-electron chi connectivity index (χ2n) is 7.92. The van der Waals surface area contributed by atoms with E-state index in [1.54, 1.807) is 29.4 Å². The minimum atomic E-state index is -0.677. The minimum Gasteiger partial charge on any atom is -0.449 e. The number of nitrogens with one attached hydrogen (secondary N) is 1. The van der Waals surface area contributed by atoms with Gasteiger partial charge in [0.05, 0.1) is 18.5 Å². The Labute approximate surface area is 197 Å². The molecule has 0 radical (unpaired) electrons. The van der Waals surface area contributed by atoms with Crippen molar-refractivity contribution < 1.29 is 18.7 Å². The topological polar surface area (TPSA) is 127 Å². The van der Waals surface area contributed by atoms with Gasteiger partial charge in [-0.15, -0.1) is 0 Å². The van der Waals surface area contributed by atoms with Crippen molar-refractivity contribution >= 4 is 29.4 Å². The molecule has 1 aromatic carbocycles. The van der Waals surface area contributed by atoms with Gasteiger partial charge in [0.15, 0.2) is 11.5 Å². The van der Waals surface area contributed by atoms with E-state index in [2.05, 4.69) is 27.1 Å². The maximum Gasteiger partial charge on any atom is 0.409 e. The normalized spacial score (nSPS) is 13.6. The summed E-state index contributed by atoms with van der Waals surface area (Å²) in [6.07, 6.45) is 4.90. The number of amides is 2. The molecule has 0 aliphatic carbocycles. The maximum absolute atomic E-state index is 12.1. The Morgan fingerprint density at radius 1 is 1.15 bits per heavy atom. The van der Waals surface area contributed by atoms with Crippen LogP contribution in [-0.4, -0.2) is 59.7 Å². The van der Waals surface area contributed by atoms with Crippen LogP contribution in [-0.2, 0) is 4.74 Å². The van der Waals surface area contributed by atoms with Crippen LogP contribution >= 0.6 is 0 Å². The number of pyridine rings is 1. The summed E-state index contributed by atoms with van der Waals surface area (Å²) in [5.74, 6) is -0.380. The van der Waals surface area contributed by atoms with Crippen molar-refractivity contribution in [3.8, 4) is 11.3 Å². The van der Waals surface area contributed by atoms with Crippen LogP contribution in [0.15, 0.2) is 53.2 Å². The molecule has 2 aromatic heterocycles. The van der Waals surface area contributed by atoms with Gasteiger partial charge in [-0.3, -0.25) is 9.78 Å². The van der Waals surface area contributed by atoms with E-state index in [-0.39, 0.29) is 17.8 Å². The van der Waals surface area contributed by atoms with Crippen LogP contribution in [0.3, 0.4) is 0 Å². The van der Waals surface area contributed by atoms with Crippen LogP contribution < -0.4 is 16.0 Å². The summed E-state index contributed by atoms with van der Waals surface area (Å²) >= 11 is 0. The molecule has 2 amide bonds. The van der Waals surface area contributed by atoms with E-state index in [1.807, 2.05) is 24.3 Å². The summed E-state index contributed by atoms with van der Waals surface area (Å²) in [4.78, 5) is 36.3. The molecule has 10 nitrogen and oxygen atoms in total. The summed E-state index contributed by atoms with van der Waals surface area (Å²) in [6, 6.07) is 11.4. The number of primary amides is 1. The van der Waals surface area contributed by atoms with Crippen molar-refractivity contribution in [2.45, 2.75) is 19.8 Å². The van der Waals surface area contributed by atoms with E-state index in [0.29, 0.717) is 49.8 Å². The molecular weight excluding hydrogens is 436 g/mol. The highest BCUT2D eigenvalue weighted by molar-refractivity contribution is 5.97. The summed E-state index contributed by atoms with van der Waals surface area (Å²) in [6.45, 7) is 5.14. The fourth-order valence-electron chi connectivity index (χ4n) is 3.66. The number of hydrogen-bond donors (Lipinski definition) is 2. The van der Waals surface area contributed by atoms with Gasteiger partial charge in [-0.25, -0.2) is 4.79 Å². The van der Waals surface area contributed by atoms with Crippen LogP contribution in [0.25, 0.3) is 11.3 Å². The highest BCUT2D eigenvalue weighted by Crippen LogP contribution is 2.30. The van der Waals surface area contributed by atoms with Crippen LogP contribution in [0.2, 0.25) is 0 Å². The predicted molar refractivity (Wildman–Crippen MR) is 128 cm³/mol. The first-order valence-electron chi connectivity index (χ1n) is 11.3. The van der Waals surface area contributed by atoms with Crippen molar-refractivity contribution in [3.63, 3.8) is 0 Å². The molecule has 10 heteroatoms. The molecule has 0 saturated carbocycles. The molecule has 1 aliphatic heterocycles. The zero-order valence-electron chi connectivity index (χ0n) is 19.1. The Morgan fingerprint density at radius 2 is 1.91 bits per heavy atom. The second-order valence-corrected chi connectivity index (χ2v) is 7.92. The van der Waals surface area contributed by atoms with Gasteiger partial charge in [0.25, 0.3) is 5.91 Å². The van der Waals surface area contributed by atoms with Crippen molar-refractivity contribution in [2.75, 3.05) is 43.0 Å². The molecule has 1 fully saturated rings. The van der Waals surface area contributed by atoms with Crippen LogP contribution in [0.4, 0.5) is 22.2 Å². The molecule has 178 valence electrons. The Bertz CT molecular complexity index is 1110. The number of hydrogen-bond acceptors (Lipinski definition) is 8. The average molecular weight is 465 g/mol. The van der Waals surface area contributed by atoms with Gasteiger partial charge in [0, 0.05) is 43.6 Å². The molecule has 1 saturated heterocycles. The third-order valence-corrected chi connectivity index (χ3v) is 5.53. The number of unbranched alkanes of at least 4 members (excludes halogenated alkanes) is 1. The lowest BCUT2D eigenvalue weighted by molar-refractivity contribution is 0.0984. The largest absolute Gasteiger partial charge is 0.449 e. The standard InChI is InChI=1S/C24H28N6O4/c1-2-3-15-33-24(32)30-13-11-29(12-14-30)19-8-6-17(7-9-19)21-20(22(25)31)28-23(34-21)27-18-5-4-10-26-16-18/h4-10,16H,2-3,11-15H2,1H3,(H2,25,31)(H,27,28). The Balaban J connectivity index is 1.42. The number of aromatic nitrogens is 2. The summed E-state index contributed by atoms with van der Waals surface area (Å²) in [5.41, 5.74) is 7.95. The average Bonchev–Trinajstić information content (AvgIpc) is 3.29. The SMILES string of the molecule is CCCCOC(=O)N1CCN(c2ccc(-c3oc(Nc4cccnc4)nc3C(N)=O)cc2)CC1. The third kappa shape index (κ3) is 5.45. The van der Waals surface area contributed by atoms with E-state index in [4.69, 9.17) is 14.9 Å². The Hall–Kier alpha value is -4.08. The number of nitrogens with zero attached hydrogens (tertiary/aromatic N) is 4. The van der Waals surface area contributed by atoms with Crippen molar-refractivity contribution in [1.82, 2.24) is 14.9 Å². The van der Waals surface area contributed by atoms with E-state index in [0.717, 1.165) is 18.5 Å². The highest BCUT2D eigenvalue weighted by atomic mass is 16.6.